The summed E-state index contributed by atoms with van der Waals surface area (Å²) in [6.07, 6.45) is 2.16. The molecule has 0 aromatic heterocycles. The Labute approximate surface area is 170 Å². The molecule has 1 aliphatic heterocycles. The highest BCUT2D eigenvalue weighted by molar-refractivity contribution is 5.98. The Morgan fingerprint density at radius 3 is 2.63 bits per heavy atom. The lowest BCUT2D eigenvalue weighted by Gasteiger charge is -2.06. The van der Waals surface area contributed by atoms with Crippen molar-refractivity contribution in [3.8, 4) is 11.5 Å². The van der Waals surface area contributed by atoms with Gasteiger partial charge in [-0.2, -0.15) is 0 Å². The Morgan fingerprint density at radius 1 is 1.20 bits per heavy atom. The van der Waals surface area contributed by atoms with E-state index in [1.807, 2.05) is 0 Å². The van der Waals surface area contributed by atoms with Gasteiger partial charge in [-0.25, -0.2) is 4.79 Å². The molecule has 0 unspecified atom stereocenters. The molecule has 0 saturated heterocycles. The van der Waals surface area contributed by atoms with Gasteiger partial charge in [-0.05, 0) is 31.2 Å². The van der Waals surface area contributed by atoms with E-state index in [0.29, 0.717) is 17.0 Å². The van der Waals surface area contributed by atoms with Crippen molar-refractivity contribution in [2.75, 3.05) is 18.7 Å². The largest absolute Gasteiger partial charge is 0.454 e. The fourth-order valence-corrected chi connectivity index (χ4v) is 2.59. The Hall–Kier alpha value is -4.21. The minimum Gasteiger partial charge on any atom is -0.454 e. The number of carbonyl (C=O) groups excluding carboxylic acids is 3. The van der Waals surface area contributed by atoms with E-state index in [-0.39, 0.29) is 29.6 Å². The van der Waals surface area contributed by atoms with Gasteiger partial charge in [0.15, 0.2) is 23.9 Å². The number of Topliss-reactive ketones (excluding diaryl/α,β-unsaturated/α-hetero) is 1. The van der Waals surface area contributed by atoms with Crippen molar-refractivity contribution in [2.24, 2.45) is 0 Å². The molecule has 3 rings (SSSR count). The van der Waals surface area contributed by atoms with Crippen molar-refractivity contribution in [3.63, 3.8) is 0 Å². The van der Waals surface area contributed by atoms with Crippen LogP contribution in [0.2, 0.25) is 0 Å². The smallest absolute Gasteiger partial charge is 0.331 e. The molecule has 30 heavy (non-hydrogen) atoms. The number of ether oxygens (including phenoxy) is 3. The minimum absolute atomic E-state index is 0.0495. The Morgan fingerprint density at radius 2 is 1.93 bits per heavy atom. The Bertz CT molecular complexity index is 1060. The lowest BCUT2D eigenvalue weighted by Crippen LogP contribution is -2.20. The topological polar surface area (TPSA) is 134 Å². The first-order valence-electron chi connectivity index (χ1n) is 8.67. The van der Waals surface area contributed by atoms with Crippen LogP contribution in [0, 0.1) is 10.1 Å². The van der Waals surface area contributed by atoms with Crippen LogP contribution in [-0.4, -0.2) is 36.0 Å². The first-order valence-corrected chi connectivity index (χ1v) is 8.67. The highest BCUT2D eigenvalue weighted by Gasteiger charge is 2.22. The van der Waals surface area contributed by atoms with Crippen LogP contribution in [0.25, 0.3) is 6.08 Å². The molecule has 0 radical (unpaired) electrons. The zero-order valence-corrected chi connectivity index (χ0v) is 15.7. The summed E-state index contributed by atoms with van der Waals surface area (Å²) in [5.74, 6) is -1.06. The van der Waals surface area contributed by atoms with Crippen LogP contribution in [0.5, 0.6) is 11.5 Å². The highest BCUT2D eigenvalue weighted by Crippen LogP contribution is 2.38. The molecule has 0 fully saturated rings. The van der Waals surface area contributed by atoms with Crippen LogP contribution in [-0.2, 0) is 14.3 Å². The van der Waals surface area contributed by atoms with E-state index < -0.39 is 23.4 Å². The highest BCUT2D eigenvalue weighted by atomic mass is 16.7. The van der Waals surface area contributed by atoms with Crippen LogP contribution in [0.15, 0.2) is 42.5 Å². The third-order valence-electron chi connectivity index (χ3n) is 4.02. The zero-order valence-electron chi connectivity index (χ0n) is 15.7. The SMILES string of the molecule is CC(=O)c1cccc(NC(=O)COC(=O)/C=C/c2cc3c(cc2[N+](=O)[O-])OCO3)c1. The summed E-state index contributed by atoms with van der Waals surface area (Å²) in [6, 6.07) is 8.89. The number of esters is 1. The van der Waals surface area contributed by atoms with Crippen LogP contribution in [0.3, 0.4) is 0 Å². The van der Waals surface area contributed by atoms with Gasteiger partial charge in [0.05, 0.1) is 16.6 Å². The van der Waals surface area contributed by atoms with E-state index in [4.69, 9.17) is 14.2 Å². The lowest BCUT2D eigenvalue weighted by molar-refractivity contribution is -0.385. The van der Waals surface area contributed by atoms with Crippen molar-refractivity contribution in [3.05, 3.63) is 63.7 Å². The summed E-state index contributed by atoms with van der Waals surface area (Å²) in [5.41, 5.74) is 0.659. The number of hydrogen-bond donors (Lipinski definition) is 1. The molecule has 10 nitrogen and oxygen atoms in total. The van der Waals surface area contributed by atoms with E-state index >= 15 is 0 Å². The number of rotatable bonds is 7. The Balaban J connectivity index is 1.59. The summed E-state index contributed by atoms with van der Waals surface area (Å²) in [6.45, 7) is 0.780. The molecule has 1 amide bonds. The van der Waals surface area contributed by atoms with Gasteiger partial charge in [0.2, 0.25) is 6.79 Å². The second-order valence-corrected chi connectivity index (χ2v) is 6.15. The maximum atomic E-state index is 11.9. The van der Waals surface area contributed by atoms with Gasteiger partial charge in [-0.3, -0.25) is 19.7 Å². The molecule has 0 saturated carbocycles. The number of benzene rings is 2. The summed E-state index contributed by atoms with van der Waals surface area (Å²) in [5, 5.41) is 13.7. The third kappa shape index (κ3) is 4.98. The van der Waals surface area contributed by atoms with Crippen molar-refractivity contribution in [2.45, 2.75) is 6.92 Å². The second-order valence-electron chi connectivity index (χ2n) is 6.15. The number of amides is 1. The maximum absolute atomic E-state index is 11.9. The minimum atomic E-state index is -0.866. The third-order valence-corrected chi connectivity index (χ3v) is 4.02. The van der Waals surface area contributed by atoms with Crippen molar-refractivity contribution in [1.29, 1.82) is 0 Å². The van der Waals surface area contributed by atoms with Crippen molar-refractivity contribution >= 4 is 35.1 Å². The number of ketones is 1. The van der Waals surface area contributed by atoms with Gasteiger partial charge in [0.1, 0.15) is 0 Å². The molecule has 0 bridgehead atoms. The molecule has 0 spiro atoms. The molecule has 2 aromatic carbocycles. The number of nitro groups is 1. The molecule has 154 valence electrons. The maximum Gasteiger partial charge on any atom is 0.331 e. The molecule has 0 aliphatic carbocycles. The van der Waals surface area contributed by atoms with E-state index in [1.54, 1.807) is 18.2 Å². The fourth-order valence-electron chi connectivity index (χ4n) is 2.59. The molecular weight excluding hydrogens is 396 g/mol. The summed E-state index contributed by atoms with van der Waals surface area (Å²) in [4.78, 5) is 45.8. The molecular formula is C20H16N2O8. The number of nitrogens with one attached hydrogen (secondary N) is 1. The summed E-state index contributed by atoms with van der Waals surface area (Å²) >= 11 is 0. The average molecular weight is 412 g/mol. The standard InChI is InChI=1S/C20H16N2O8/c1-12(23)13-3-2-4-15(7-13)21-19(24)10-28-20(25)6-5-14-8-17-18(30-11-29-17)9-16(14)22(26)27/h2-9H,10-11H2,1H3,(H,21,24)/b6-5+. The number of nitrogens with zero attached hydrogens (tertiary/aromatic N) is 1. The number of nitro benzene ring substituents is 1. The number of carbonyl (C=O) groups is 3. The van der Waals surface area contributed by atoms with Gasteiger partial charge in [0, 0.05) is 17.3 Å². The molecule has 1 heterocycles. The normalized spacial score (nSPS) is 11.9. The predicted octanol–water partition coefficient (Wildman–Crippen LogP) is 2.72. The number of hydrogen-bond acceptors (Lipinski definition) is 8. The first kappa shape index (κ1) is 20.5. The van der Waals surface area contributed by atoms with Gasteiger partial charge in [-0.1, -0.05) is 12.1 Å². The van der Waals surface area contributed by atoms with Gasteiger partial charge in [-0.15, -0.1) is 0 Å². The predicted molar refractivity (Wildman–Crippen MR) is 104 cm³/mol. The van der Waals surface area contributed by atoms with Gasteiger partial charge < -0.3 is 19.5 Å². The molecule has 1 N–H and O–H groups in total. The van der Waals surface area contributed by atoms with E-state index in [0.717, 1.165) is 6.08 Å². The van der Waals surface area contributed by atoms with Crippen LogP contribution in [0.1, 0.15) is 22.8 Å². The lowest BCUT2D eigenvalue weighted by atomic mass is 10.1. The van der Waals surface area contributed by atoms with E-state index in [2.05, 4.69) is 5.32 Å². The average Bonchev–Trinajstić information content (AvgIpc) is 3.17. The van der Waals surface area contributed by atoms with Gasteiger partial charge in [0.25, 0.3) is 11.6 Å². The quantitative estimate of drug-likeness (QED) is 0.241. The van der Waals surface area contributed by atoms with Crippen LogP contribution >= 0.6 is 0 Å². The fraction of sp³-hybridized carbons (Fsp3) is 0.150. The number of anilines is 1. The van der Waals surface area contributed by atoms with E-state index in [1.165, 1.54) is 31.2 Å². The summed E-state index contributed by atoms with van der Waals surface area (Å²) in [7, 11) is 0. The van der Waals surface area contributed by atoms with Crippen LogP contribution in [0.4, 0.5) is 11.4 Å². The second kappa shape index (κ2) is 8.86. The van der Waals surface area contributed by atoms with Crippen molar-refractivity contribution < 1.29 is 33.5 Å². The molecule has 10 heteroatoms. The monoisotopic (exact) mass is 412 g/mol. The Kier molecular flexibility index (Phi) is 6.06. The van der Waals surface area contributed by atoms with Crippen LogP contribution < -0.4 is 14.8 Å². The van der Waals surface area contributed by atoms with Crippen molar-refractivity contribution in [1.82, 2.24) is 0 Å². The molecule has 2 aromatic rings. The van der Waals surface area contributed by atoms with Gasteiger partial charge >= 0.3 is 5.97 Å². The zero-order chi connectivity index (χ0) is 21.7. The van der Waals surface area contributed by atoms with E-state index in [9.17, 15) is 24.5 Å². The summed E-state index contributed by atoms with van der Waals surface area (Å²) < 4.78 is 15.1. The number of fused-ring (bicyclic) bond motifs is 1. The first-order chi connectivity index (χ1) is 14.3. The molecule has 1 aliphatic rings. The molecule has 0 atom stereocenters.